The van der Waals surface area contributed by atoms with Gasteiger partial charge in [0.05, 0.1) is 11.4 Å². The molecule has 6 heteroatoms. The quantitative estimate of drug-likeness (QED) is 0.838. The lowest BCUT2D eigenvalue weighted by atomic mass is 10.0. The van der Waals surface area contributed by atoms with Crippen LogP contribution in [0.2, 0.25) is 0 Å². The largest absolute Gasteiger partial charge is 0.324 e. The second kappa shape index (κ2) is 6.47. The van der Waals surface area contributed by atoms with Gasteiger partial charge >= 0.3 is 0 Å². The number of carbonyl (C=O) groups is 2. The zero-order valence-corrected chi connectivity index (χ0v) is 11.6. The third-order valence-electron chi connectivity index (χ3n) is 3.21. The predicted octanol–water partition coefficient (Wildman–Crippen LogP) is 3.22. The van der Waals surface area contributed by atoms with Crippen LogP contribution in [-0.2, 0) is 9.59 Å². The van der Waals surface area contributed by atoms with E-state index < -0.39 is 17.5 Å². The van der Waals surface area contributed by atoms with Gasteiger partial charge in [0.2, 0.25) is 11.8 Å². The van der Waals surface area contributed by atoms with Crippen LogP contribution in [0.3, 0.4) is 0 Å². The van der Waals surface area contributed by atoms with Gasteiger partial charge in [-0.2, -0.15) is 0 Å². The van der Waals surface area contributed by atoms with Gasteiger partial charge in [0.15, 0.2) is 11.6 Å². The molecule has 1 aliphatic carbocycles. The predicted molar refractivity (Wildman–Crippen MR) is 75.8 cm³/mol. The fourth-order valence-electron chi connectivity index (χ4n) is 2.25. The Hall–Kier alpha value is -2.24. The average molecular weight is 294 g/mol. The Kier molecular flexibility index (Phi) is 4.67. The molecule has 2 rings (SSSR count). The van der Waals surface area contributed by atoms with Gasteiger partial charge in [-0.1, -0.05) is 12.2 Å². The molecule has 4 nitrogen and oxygen atoms in total. The van der Waals surface area contributed by atoms with E-state index in [4.69, 9.17) is 0 Å². The second-order valence-corrected chi connectivity index (χ2v) is 5.01. The summed E-state index contributed by atoms with van der Waals surface area (Å²) in [4.78, 5) is 23.0. The topological polar surface area (TPSA) is 58.2 Å². The van der Waals surface area contributed by atoms with E-state index in [-0.39, 0.29) is 29.6 Å². The van der Waals surface area contributed by atoms with Crippen molar-refractivity contribution in [3.8, 4) is 0 Å². The van der Waals surface area contributed by atoms with Gasteiger partial charge in [0.1, 0.15) is 0 Å². The molecule has 2 N–H and O–H groups in total. The summed E-state index contributed by atoms with van der Waals surface area (Å²) in [5, 5.41) is 4.88. The molecule has 0 aromatic heterocycles. The number of rotatable bonds is 4. The minimum Gasteiger partial charge on any atom is -0.324 e. The van der Waals surface area contributed by atoms with E-state index in [0.717, 1.165) is 25.0 Å². The first-order valence-corrected chi connectivity index (χ1v) is 6.69. The molecule has 0 saturated carbocycles. The van der Waals surface area contributed by atoms with E-state index in [1.807, 2.05) is 12.2 Å². The number of anilines is 2. The Morgan fingerprint density at radius 1 is 1.19 bits per heavy atom. The molecule has 112 valence electrons. The van der Waals surface area contributed by atoms with Crippen molar-refractivity contribution in [3.63, 3.8) is 0 Å². The van der Waals surface area contributed by atoms with Crippen LogP contribution in [0, 0.1) is 17.6 Å². The Morgan fingerprint density at radius 3 is 2.33 bits per heavy atom. The smallest absolute Gasteiger partial charge is 0.225 e. The molecule has 0 bridgehead atoms. The molecule has 0 radical (unpaired) electrons. The van der Waals surface area contributed by atoms with Gasteiger partial charge in [-0.25, -0.2) is 8.78 Å². The molecule has 0 fully saturated rings. The maximum atomic E-state index is 13.3. The number of hydrogen-bond acceptors (Lipinski definition) is 2. The van der Waals surface area contributed by atoms with E-state index in [1.54, 1.807) is 0 Å². The number of carbonyl (C=O) groups excluding carboxylic acids is 2. The first-order chi connectivity index (χ1) is 9.95. The number of allylic oxidation sites excluding steroid dienone is 2. The molecule has 0 unspecified atom stereocenters. The number of halogens is 2. The van der Waals surface area contributed by atoms with E-state index in [0.29, 0.717) is 0 Å². The summed E-state index contributed by atoms with van der Waals surface area (Å²) < 4.78 is 26.5. The van der Waals surface area contributed by atoms with Crippen molar-refractivity contribution in [1.29, 1.82) is 0 Å². The van der Waals surface area contributed by atoms with Gasteiger partial charge in [-0.3, -0.25) is 9.59 Å². The number of hydrogen-bond donors (Lipinski definition) is 2. The third kappa shape index (κ3) is 4.11. The Balaban J connectivity index is 2.13. The summed E-state index contributed by atoms with van der Waals surface area (Å²) >= 11 is 0. The number of benzene rings is 1. The van der Waals surface area contributed by atoms with Crippen LogP contribution in [-0.4, -0.2) is 11.8 Å². The lowest BCUT2D eigenvalue weighted by Gasteiger charge is -2.13. The Bertz CT molecular complexity index is 600. The highest BCUT2D eigenvalue weighted by Crippen LogP contribution is 2.27. The molecular weight excluding hydrogens is 278 g/mol. The minimum absolute atomic E-state index is 0.0386. The zero-order valence-electron chi connectivity index (χ0n) is 11.6. The maximum absolute atomic E-state index is 13.3. The fourth-order valence-corrected chi connectivity index (χ4v) is 2.25. The summed E-state index contributed by atoms with van der Waals surface area (Å²) in [6.45, 7) is 1.25. The van der Waals surface area contributed by atoms with Crippen LogP contribution >= 0.6 is 0 Å². The van der Waals surface area contributed by atoms with Crippen LogP contribution in [0.15, 0.2) is 24.3 Å². The molecule has 1 atom stereocenters. The van der Waals surface area contributed by atoms with Crippen molar-refractivity contribution in [2.75, 3.05) is 10.6 Å². The highest BCUT2D eigenvalue weighted by atomic mass is 19.2. The van der Waals surface area contributed by atoms with Gasteiger partial charge < -0.3 is 10.6 Å². The van der Waals surface area contributed by atoms with Crippen molar-refractivity contribution < 1.29 is 18.4 Å². The summed E-state index contributed by atoms with van der Waals surface area (Å²) in [6, 6.07) is 1.71. The molecule has 1 aromatic rings. The van der Waals surface area contributed by atoms with E-state index in [2.05, 4.69) is 10.6 Å². The highest BCUT2D eigenvalue weighted by Gasteiger charge is 2.17. The number of nitrogens with one attached hydrogen (secondary N) is 2. The van der Waals surface area contributed by atoms with Crippen molar-refractivity contribution in [1.82, 2.24) is 0 Å². The van der Waals surface area contributed by atoms with Gasteiger partial charge in [0, 0.05) is 25.5 Å². The van der Waals surface area contributed by atoms with Crippen molar-refractivity contribution in [2.24, 2.45) is 5.92 Å². The molecule has 0 aliphatic heterocycles. The summed E-state index contributed by atoms with van der Waals surface area (Å²) in [6.07, 6.45) is 6.11. The molecule has 1 aromatic carbocycles. The van der Waals surface area contributed by atoms with Crippen LogP contribution < -0.4 is 10.6 Å². The van der Waals surface area contributed by atoms with Crippen LogP contribution in [0.4, 0.5) is 20.2 Å². The SMILES string of the molecule is CC(=O)Nc1cc(F)c(F)cc1NC(=O)C[C@H]1C=CCC1. The summed E-state index contributed by atoms with van der Waals surface area (Å²) in [5.41, 5.74) is 0.0905. The van der Waals surface area contributed by atoms with Crippen molar-refractivity contribution in [3.05, 3.63) is 35.9 Å². The molecule has 1 aliphatic rings. The Labute approximate surface area is 121 Å². The van der Waals surface area contributed by atoms with E-state index >= 15 is 0 Å². The fraction of sp³-hybridized carbons (Fsp3) is 0.333. The first kappa shape index (κ1) is 15.2. The zero-order chi connectivity index (χ0) is 15.4. The Morgan fingerprint density at radius 2 is 1.81 bits per heavy atom. The third-order valence-corrected chi connectivity index (χ3v) is 3.21. The second-order valence-electron chi connectivity index (χ2n) is 5.01. The molecule has 0 heterocycles. The average Bonchev–Trinajstić information content (AvgIpc) is 2.87. The molecule has 0 saturated heterocycles. The van der Waals surface area contributed by atoms with Crippen LogP contribution in [0.1, 0.15) is 26.2 Å². The monoisotopic (exact) mass is 294 g/mol. The van der Waals surface area contributed by atoms with Gasteiger partial charge in [-0.15, -0.1) is 0 Å². The highest BCUT2D eigenvalue weighted by molar-refractivity contribution is 5.99. The van der Waals surface area contributed by atoms with Gasteiger partial charge in [-0.05, 0) is 18.8 Å². The summed E-state index contributed by atoms with van der Waals surface area (Å²) in [5.74, 6) is -2.74. The lowest BCUT2D eigenvalue weighted by molar-refractivity contribution is -0.117. The molecule has 0 spiro atoms. The molecule has 21 heavy (non-hydrogen) atoms. The minimum atomic E-state index is -1.09. The maximum Gasteiger partial charge on any atom is 0.225 e. The summed E-state index contributed by atoms with van der Waals surface area (Å²) in [7, 11) is 0. The van der Waals surface area contributed by atoms with E-state index in [1.165, 1.54) is 6.92 Å². The first-order valence-electron chi connectivity index (χ1n) is 6.69. The normalized spacial score (nSPS) is 16.8. The standard InChI is InChI=1S/C15H16F2N2O2/c1-9(20)18-13-7-11(16)12(17)8-14(13)19-15(21)6-10-4-2-3-5-10/h2,4,7-8,10H,3,5-6H2,1H3,(H,18,20)(H,19,21)/t10-/m0/s1. The van der Waals surface area contributed by atoms with Crippen LogP contribution in [0.5, 0.6) is 0 Å². The lowest BCUT2D eigenvalue weighted by Crippen LogP contribution is -2.17. The van der Waals surface area contributed by atoms with Crippen molar-refractivity contribution >= 4 is 23.2 Å². The molecule has 2 amide bonds. The van der Waals surface area contributed by atoms with Crippen molar-refractivity contribution in [2.45, 2.75) is 26.2 Å². The van der Waals surface area contributed by atoms with Gasteiger partial charge in [0.25, 0.3) is 0 Å². The molecular formula is C15H16F2N2O2. The van der Waals surface area contributed by atoms with E-state index in [9.17, 15) is 18.4 Å². The van der Waals surface area contributed by atoms with Crippen LogP contribution in [0.25, 0.3) is 0 Å². The number of amides is 2.